The van der Waals surface area contributed by atoms with Crippen LogP contribution in [-0.4, -0.2) is 23.4 Å². The van der Waals surface area contributed by atoms with Crippen molar-refractivity contribution in [3.8, 4) is 5.75 Å². The van der Waals surface area contributed by atoms with E-state index in [4.69, 9.17) is 0 Å². The van der Waals surface area contributed by atoms with Crippen molar-refractivity contribution in [3.63, 3.8) is 0 Å². The normalized spacial score (nSPS) is 11.8. The number of carbonyl (C=O) groups is 1. The molecule has 0 atom stereocenters. The van der Waals surface area contributed by atoms with E-state index in [1.165, 1.54) is 12.3 Å². The van der Waals surface area contributed by atoms with Crippen LogP contribution in [0.15, 0.2) is 42.6 Å². The molecule has 4 nitrogen and oxygen atoms in total. The minimum absolute atomic E-state index is 0.109. The molecule has 1 amide bonds. The summed E-state index contributed by atoms with van der Waals surface area (Å²) in [5, 5.41) is 2.57. The molecule has 10 heteroatoms. The van der Waals surface area contributed by atoms with Crippen LogP contribution >= 0.6 is 0 Å². The van der Waals surface area contributed by atoms with E-state index in [0.29, 0.717) is 0 Å². The van der Waals surface area contributed by atoms with Crippen molar-refractivity contribution in [1.82, 2.24) is 4.98 Å². The minimum atomic E-state index is -4.71. The monoisotopic (exact) mass is 388 g/mol. The maximum absolute atomic E-state index is 13.4. The predicted molar refractivity (Wildman–Crippen MR) is 84.2 cm³/mol. The Bertz CT molecular complexity index is 1000. The first-order valence-electron chi connectivity index (χ1n) is 7.40. The highest BCUT2D eigenvalue weighted by atomic mass is 19.3. The van der Waals surface area contributed by atoms with E-state index < -0.39 is 35.8 Å². The summed E-state index contributed by atoms with van der Waals surface area (Å²) >= 11 is 0. The number of benzene rings is 2. The number of anilines is 1. The molecule has 0 bridgehead atoms. The first-order chi connectivity index (χ1) is 12.7. The third-order valence-electron chi connectivity index (χ3n) is 3.58. The lowest BCUT2D eigenvalue weighted by atomic mass is 10.2. The second-order valence-corrected chi connectivity index (χ2v) is 5.46. The number of amides is 1. The zero-order valence-electron chi connectivity index (χ0n) is 13.2. The Hall–Kier alpha value is -3.17. The summed E-state index contributed by atoms with van der Waals surface area (Å²) in [5.41, 5.74) is 0.158. The maximum atomic E-state index is 13.4. The highest BCUT2D eigenvalue weighted by Gasteiger charge is 2.44. The number of fused-ring (bicyclic) bond motifs is 1. The van der Waals surface area contributed by atoms with E-state index >= 15 is 0 Å². The zero-order chi connectivity index (χ0) is 19.8. The maximum Gasteiger partial charge on any atom is 0.461 e. The lowest BCUT2D eigenvalue weighted by Crippen LogP contribution is -2.33. The summed E-state index contributed by atoms with van der Waals surface area (Å²) in [4.78, 5) is 14.9. The summed E-state index contributed by atoms with van der Waals surface area (Å²) in [5.74, 6) is -3.64. The lowest BCUT2D eigenvalue weighted by molar-refractivity contribution is -0.253. The van der Waals surface area contributed by atoms with Crippen molar-refractivity contribution in [2.45, 2.75) is 12.5 Å². The van der Waals surface area contributed by atoms with E-state index in [0.717, 1.165) is 30.3 Å². The van der Waals surface area contributed by atoms with Crippen LogP contribution in [0.25, 0.3) is 10.9 Å². The number of nitrogens with one attached hydrogen (secondary N) is 2. The highest BCUT2D eigenvalue weighted by Crippen LogP contribution is 2.29. The Labute approximate surface area is 147 Å². The third kappa shape index (κ3) is 3.83. The fourth-order valence-electron chi connectivity index (χ4n) is 2.32. The Balaban J connectivity index is 1.83. The van der Waals surface area contributed by atoms with Gasteiger partial charge in [-0.2, -0.15) is 17.6 Å². The van der Waals surface area contributed by atoms with Crippen molar-refractivity contribution >= 4 is 22.5 Å². The van der Waals surface area contributed by atoms with E-state index in [1.54, 1.807) is 0 Å². The fourth-order valence-corrected chi connectivity index (χ4v) is 2.32. The molecule has 142 valence electrons. The predicted octanol–water partition coefficient (Wildman–Crippen LogP) is 4.94. The molecule has 0 aliphatic heterocycles. The molecule has 27 heavy (non-hydrogen) atoms. The quantitative estimate of drug-likeness (QED) is 0.609. The molecule has 3 aromatic rings. The molecular formula is C17H10F6N2O2. The molecule has 2 aromatic carbocycles. The van der Waals surface area contributed by atoms with Crippen LogP contribution in [0, 0.1) is 11.6 Å². The van der Waals surface area contributed by atoms with Gasteiger partial charge in [-0.05, 0) is 24.3 Å². The molecule has 0 radical (unpaired) electrons. The van der Waals surface area contributed by atoms with Crippen LogP contribution < -0.4 is 10.1 Å². The molecule has 0 unspecified atom stereocenters. The van der Waals surface area contributed by atoms with Crippen molar-refractivity contribution in [1.29, 1.82) is 0 Å². The van der Waals surface area contributed by atoms with Gasteiger partial charge in [-0.25, -0.2) is 8.78 Å². The Kier molecular flexibility index (Phi) is 4.73. The minimum Gasteiger partial charge on any atom is -0.428 e. The fraction of sp³-hybridized carbons (Fsp3) is 0.118. The number of aromatic amines is 1. The summed E-state index contributed by atoms with van der Waals surface area (Å²) < 4.78 is 80.9. The lowest BCUT2D eigenvalue weighted by Gasteiger charge is -2.17. The van der Waals surface area contributed by atoms with Crippen LogP contribution in [-0.2, 0) is 0 Å². The number of halogens is 6. The zero-order valence-corrected chi connectivity index (χ0v) is 13.2. The average molecular weight is 388 g/mol. The van der Waals surface area contributed by atoms with Gasteiger partial charge in [0.05, 0.1) is 11.2 Å². The van der Waals surface area contributed by atoms with Gasteiger partial charge >= 0.3 is 12.5 Å². The molecule has 2 N–H and O–H groups in total. The van der Waals surface area contributed by atoms with Gasteiger partial charge in [0, 0.05) is 23.2 Å². The topological polar surface area (TPSA) is 54.1 Å². The van der Waals surface area contributed by atoms with Crippen LogP contribution in [0.1, 0.15) is 10.4 Å². The number of rotatable bonds is 5. The molecule has 0 fully saturated rings. The Morgan fingerprint density at radius 2 is 1.81 bits per heavy atom. The molecule has 0 spiro atoms. The number of carbonyl (C=O) groups excluding carboxylic acids is 1. The molecule has 1 aromatic heterocycles. The van der Waals surface area contributed by atoms with Crippen molar-refractivity contribution < 1.29 is 35.9 Å². The molecule has 0 saturated heterocycles. The third-order valence-corrected chi connectivity index (χ3v) is 3.58. The number of aromatic nitrogens is 1. The first kappa shape index (κ1) is 18.6. The largest absolute Gasteiger partial charge is 0.461 e. The van der Waals surface area contributed by atoms with Gasteiger partial charge in [-0.3, -0.25) is 4.79 Å². The molecule has 0 saturated carbocycles. The molecule has 0 aliphatic carbocycles. The second-order valence-electron chi connectivity index (χ2n) is 5.46. The van der Waals surface area contributed by atoms with Crippen molar-refractivity contribution in [2.75, 3.05) is 5.32 Å². The summed E-state index contributed by atoms with van der Waals surface area (Å²) in [6.45, 7) is 0. The van der Waals surface area contributed by atoms with Gasteiger partial charge in [-0.15, -0.1) is 0 Å². The van der Waals surface area contributed by atoms with Gasteiger partial charge in [0.1, 0.15) is 5.75 Å². The Morgan fingerprint density at radius 1 is 1.11 bits per heavy atom. The average Bonchev–Trinajstić information content (AvgIpc) is 2.97. The summed E-state index contributed by atoms with van der Waals surface area (Å²) in [7, 11) is 0. The van der Waals surface area contributed by atoms with Crippen LogP contribution in [0.3, 0.4) is 0 Å². The standard InChI is InChI=1S/C17H10F6N2O2/c18-11-5-10-13(6-12(11)19)24-7-14(10)25-15(26)8-2-1-3-9(4-8)27-17(22,23)16(20)21/h1-7,16,24H,(H,25,26). The number of hydrogen-bond acceptors (Lipinski definition) is 2. The van der Waals surface area contributed by atoms with Crippen LogP contribution in [0.5, 0.6) is 5.75 Å². The summed E-state index contributed by atoms with van der Waals surface area (Å²) in [6.07, 6.45) is -7.48. The van der Waals surface area contributed by atoms with Gasteiger partial charge in [0.15, 0.2) is 11.6 Å². The Morgan fingerprint density at radius 3 is 2.52 bits per heavy atom. The van der Waals surface area contributed by atoms with E-state index in [2.05, 4.69) is 15.0 Å². The smallest absolute Gasteiger partial charge is 0.428 e. The second kappa shape index (κ2) is 6.86. The van der Waals surface area contributed by atoms with Crippen LogP contribution in [0.2, 0.25) is 0 Å². The number of alkyl halides is 4. The first-order valence-corrected chi connectivity index (χ1v) is 7.40. The van der Waals surface area contributed by atoms with E-state index in [-0.39, 0.29) is 22.2 Å². The van der Waals surface area contributed by atoms with Gasteiger partial charge in [0.25, 0.3) is 5.91 Å². The van der Waals surface area contributed by atoms with Gasteiger partial charge in [0.2, 0.25) is 0 Å². The van der Waals surface area contributed by atoms with Gasteiger partial charge in [-0.1, -0.05) is 6.07 Å². The van der Waals surface area contributed by atoms with E-state index in [9.17, 15) is 31.1 Å². The van der Waals surface area contributed by atoms with E-state index in [1.807, 2.05) is 0 Å². The molecular weight excluding hydrogens is 378 g/mol. The highest BCUT2D eigenvalue weighted by molar-refractivity contribution is 6.09. The van der Waals surface area contributed by atoms with Crippen molar-refractivity contribution in [2.24, 2.45) is 0 Å². The number of hydrogen-bond donors (Lipinski definition) is 2. The molecule has 3 rings (SSSR count). The van der Waals surface area contributed by atoms with Gasteiger partial charge < -0.3 is 15.0 Å². The molecule has 1 heterocycles. The number of ether oxygens (including phenoxy) is 1. The SMILES string of the molecule is O=C(Nc1c[nH]c2cc(F)c(F)cc12)c1cccc(OC(F)(F)C(F)F)c1. The van der Waals surface area contributed by atoms with Crippen molar-refractivity contribution in [3.05, 3.63) is 59.8 Å². The molecule has 0 aliphatic rings. The number of H-pyrrole nitrogens is 1. The van der Waals surface area contributed by atoms with Crippen LogP contribution in [0.4, 0.5) is 32.0 Å². The summed E-state index contributed by atoms with van der Waals surface area (Å²) in [6, 6.07) is 6.01.